The van der Waals surface area contributed by atoms with Gasteiger partial charge >= 0.3 is 11.9 Å². The molecule has 0 aromatic heterocycles. The molecule has 0 aromatic carbocycles. The number of carbonyl (C=O) groups excluding carboxylic acids is 2. The van der Waals surface area contributed by atoms with Crippen molar-refractivity contribution in [1.82, 2.24) is 15.4 Å². The van der Waals surface area contributed by atoms with Crippen LogP contribution < -0.4 is 5.32 Å². The molecular formula is C34H63N3O8. The number of aliphatic hydroxyl groups excluding tert-OH is 1. The maximum absolute atomic E-state index is 13.1. The van der Waals surface area contributed by atoms with Gasteiger partial charge in [0.1, 0.15) is 0 Å². The highest BCUT2D eigenvalue weighted by Gasteiger charge is 2.52. The molecule has 3 heterocycles. The van der Waals surface area contributed by atoms with E-state index >= 15 is 0 Å². The van der Waals surface area contributed by atoms with Crippen LogP contribution in [0.2, 0.25) is 0 Å². The molecule has 3 aliphatic rings. The van der Waals surface area contributed by atoms with E-state index in [1.807, 2.05) is 55.4 Å². The van der Waals surface area contributed by atoms with Gasteiger partial charge in [-0.2, -0.15) is 10.1 Å². The molecule has 0 spiro atoms. The van der Waals surface area contributed by atoms with Gasteiger partial charge in [0.05, 0.1) is 19.8 Å². The Hall–Kier alpha value is -1.34. The average Bonchev–Trinajstić information content (AvgIpc) is 3.27. The highest BCUT2D eigenvalue weighted by Crippen LogP contribution is 2.45. The van der Waals surface area contributed by atoms with E-state index in [1.54, 1.807) is 0 Å². The van der Waals surface area contributed by atoms with Crippen molar-refractivity contribution in [3.05, 3.63) is 0 Å². The number of hydrogen-bond donors (Lipinski definition) is 4. The van der Waals surface area contributed by atoms with E-state index in [9.17, 15) is 25.1 Å². The molecule has 262 valence electrons. The Morgan fingerprint density at radius 3 is 1.51 bits per heavy atom. The minimum Gasteiger partial charge on any atom is -0.465 e. The lowest BCUT2D eigenvalue weighted by Gasteiger charge is -2.36. The first-order valence-electron chi connectivity index (χ1n) is 16.7. The number of hydroxylamine groups is 4. The maximum Gasteiger partial charge on any atom is 0.306 e. The molecule has 0 saturated carbocycles. The molecule has 0 aliphatic carbocycles. The summed E-state index contributed by atoms with van der Waals surface area (Å²) >= 11 is 0. The van der Waals surface area contributed by atoms with Crippen molar-refractivity contribution >= 4 is 11.9 Å². The molecule has 11 nitrogen and oxygen atoms in total. The minimum atomic E-state index is -1.21. The molecule has 3 rings (SSSR count). The predicted molar refractivity (Wildman–Crippen MR) is 170 cm³/mol. The lowest BCUT2D eigenvalue weighted by atomic mass is 9.87. The van der Waals surface area contributed by atoms with Crippen molar-refractivity contribution in [1.29, 1.82) is 0 Å². The SMILES string of the molecule is CC1(C)CC(COC(=O)CC(CC(=O)OCC2CC(C)(C)N(O)C2(C)C)CC(O)OCC2CC(C)(C)N(O)C2(C)C)C(C)(C)N1. The van der Waals surface area contributed by atoms with Gasteiger partial charge in [0.25, 0.3) is 0 Å². The maximum atomic E-state index is 13.1. The summed E-state index contributed by atoms with van der Waals surface area (Å²) in [4.78, 5) is 26.2. The number of hydrogen-bond acceptors (Lipinski definition) is 11. The molecule has 3 fully saturated rings. The van der Waals surface area contributed by atoms with Crippen LogP contribution in [0.3, 0.4) is 0 Å². The topological polar surface area (TPSA) is 141 Å². The molecule has 45 heavy (non-hydrogen) atoms. The van der Waals surface area contributed by atoms with Crippen molar-refractivity contribution < 1.29 is 39.3 Å². The van der Waals surface area contributed by atoms with Crippen molar-refractivity contribution in [3.63, 3.8) is 0 Å². The Labute approximate surface area is 271 Å². The number of rotatable bonds is 13. The number of nitrogens with zero attached hydrogens (tertiary/aromatic N) is 2. The zero-order valence-corrected chi connectivity index (χ0v) is 30.0. The Kier molecular flexibility index (Phi) is 11.2. The van der Waals surface area contributed by atoms with Gasteiger partial charge in [-0.15, -0.1) is 0 Å². The summed E-state index contributed by atoms with van der Waals surface area (Å²) in [7, 11) is 0. The third-order valence-electron chi connectivity index (χ3n) is 11.0. The first-order valence-corrected chi connectivity index (χ1v) is 16.7. The van der Waals surface area contributed by atoms with E-state index in [4.69, 9.17) is 14.2 Å². The van der Waals surface area contributed by atoms with Gasteiger partial charge < -0.3 is 35.0 Å². The first-order chi connectivity index (χ1) is 20.3. The van der Waals surface area contributed by atoms with Crippen LogP contribution in [0.5, 0.6) is 0 Å². The average molecular weight is 642 g/mol. The van der Waals surface area contributed by atoms with Crippen LogP contribution in [-0.2, 0) is 23.8 Å². The van der Waals surface area contributed by atoms with E-state index in [-0.39, 0.29) is 67.9 Å². The molecule has 0 aromatic rings. The third-order valence-corrected chi connectivity index (χ3v) is 11.0. The molecule has 5 unspecified atom stereocenters. The van der Waals surface area contributed by atoms with Gasteiger partial charge in [-0.3, -0.25) is 9.59 Å². The Morgan fingerprint density at radius 2 is 1.13 bits per heavy atom. The molecular weight excluding hydrogens is 578 g/mol. The Bertz CT molecular complexity index is 1060. The smallest absolute Gasteiger partial charge is 0.306 e. The first kappa shape index (κ1) is 38.1. The van der Waals surface area contributed by atoms with Crippen molar-refractivity contribution in [2.75, 3.05) is 19.8 Å². The number of esters is 2. The van der Waals surface area contributed by atoms with E-state index in [0.717, 1.165) is 6.42 Å². The van der Waals surface area contributed by atoms with Gasteiger partial charge in [0.15, 0.2) is 6.29 Å². The lowest BCUT2D eigenvalue weighted by molar-refractivity contribution is -0.202. The van der Waals surface area contributed by atoms with E-state index in [0.29, 0.717) is 12.8 Å². The predicted octanol–water partition coefficient (Wildman–Crippen LogP) is 4.90. The van der Waals surface area contributed by atoms with Gasteiger partial charge in [-0.05, 0) is 108 Å². The summed E-state index contributed by atoms with van der Waals surface area (Å²) in [5.74, 6) is -1.41. The minimum absolute atomic E-state index is 0.0294. The van der Waals surface area contributed by atoms with Crippen molar-refractivity contribution in [2.24, 2.45) is 23.7 Å². The second-order valence-corrected chi connectivity index (χ2v) is 17.7. The zero-order valence-electron chi connectivity index (χ0n) is 30.0. The summed E-state index contributed by atoms with van der Waals surface area (Å²) in [6, 6.07) is 0. The molecule has 3 saturated heterocycles. The summed E-state index contributed by atoms with van der Waals surface area (Å²) in [6.45, 7) is 24.7. The van der Waals surface area contributed by atoms with Crippen LogP contribution in [0.1, 0.15) is 122 Å². The summed E-state index contributed by atoms with van der Waals surface area (Å²) in [5, 5.41) is 38.5. The fourth-order valence-electron chi connectivity index (χ4n) is 8.27. The monoisotopic (exact) mass is 641 g/mol. The van der Waals surface area contributed by atoms with Gasteiger partial charge in [-0.1, -0.05) is 0 Å². The molecule has 3 aliphatic heterocycles. The second kappa shape index (κ2) is 13.3. The van der Waals surface area contributed by atoms with E-state index in [2.05, 4.69) is 33.0 Å². The summed E-state index contributed by atoms with van der Waals surface area (Å²) in [6.07, 6.45) is 0.929. The molecule has 0 bridgehead atoms. The van der Waals surface area contributed by atoms with E-state index in [1.165, 1.54) is 10.1 Å². The Morgan fingerprint density at radius 1 is 0.711 bits per heavy atom. The van der Waals surface area contributed by atoms with Crippen LogP contribution in [0.25, 0.3) is 0 Å². The van der Waals surface area contributed by atoms with Gasteiger partial charge in [-0.25, -0.2) is 0 Å². The van der Waals surface area contributed by atoms with Crippen LogP contribution in [-0.4, -0.2) is 96.9 Å². The quantitative estimate of drug-likeness (QED) is 0.161. The number of carbonyl (C=O) groups is 2. The van der Waals surface area contributed by atoms with Gasteiger partial charge in [0, 0.05) is 70.2 Å². The highest BCUT2D eigenvalue weighted by molar-refractivity contribution is 5.73. The summed E-state index contributed by atoms with van der Waals surface area (Å²) in [5.41, 5.74) is -2.21. The standard InChI is InChI=1S/C34H63N3O8/c1-29(2)16-23(32(7,8)35-29)19-43-26(38)13-22(14-27(39)44-20-24-17-30(3,4)36(41)33(24,9)10)15-28(40)45-21-25-18-31(5,6)37(42)34(25,11)12/h22-25,27,35,39,41-42H,13-21H2,1-12H3. The van der Waals surface area contributed by atoms with Crippen LogP contribution >= 0.6 is 0 Å². The van der Waals surface area contributed by atoms with E-state index < -0.39 is 46.3 Å². The Balaban J connectivity index is 1.61. The molecule has 4 N–H and O–H groups in total. The van der Waals surface area contributed by atoms with Gasteiger partial charge in [0.2, 0.25) is 0 Å². The fraction of sp³-hybridized carbons (Fsp3) is 0.941. The zero-order chi connectivity index (χ0) is 34.4. The molecule has 0 radical (unpaired) electrons. The highest BCUT2D eigenvalue weighted by atomic mass is 16.6. The number of nitrogens with one attached hydrogen (secondary N) is 1. The molecule has 5 atom stereocenters. The third kappa shape index (κ3) is 8.97. The van der Waals surface area contributed by atoms with Crippen LogP contribution in [0.15, 0.2) is 0 Å². The largest absolute Gasteiger partial charge is 0.465 e. The fourth-order valence-corrected chi connectivity index (χ4v) is 8.27. The van der Waals surface area contributed by atoms with Crippen molar-refractivity contribution in [2.45, 2.75) is 161 Å². The van der Waals surface area contributed by atoms with Crippen LogP contribution in [0.4, 0.5) is 0 Å². The van der Waals surface area contributed by atoms with Crippen LogP contribution in [0, 0.1) is 23.7 Å². The second-order valence-electron chi connectivity index (χ2n) is 17.7. The number of ether oxygens (including phenoxy) is 3. The lowest BCUT2D eigenvalue weighted by Crippen LogP contribution is -2.48. The van der Waals surface area contributed by atoms with Crippen molar-refractivity contribution in [3.8, 4) is 0 Å². The molecule has 0 amide bonds. The number of aliphatic hydroxyl groups is 1. The normalized spacial score (nSPS) is 31.0. The summed E-state index contributed by atoms with van der Waals surface area (Å²) < 4.78 is 17.3. The molecule has 11 heteroatoms.